The molecule has 1 saturated heterocycles. The van der Waals surface area contributed by atoms with Gasteiger partial charge in [0.2, 0.25) is 0 Å². The highest BCUT2D eigenvalue weighted by Crippen LogP contribution is 2.25. The molecule has 2 atom stereocenters. The fourth-order valence-electron chi connectivity index (χ4n) is 4.07. The maximum absolute atomic E-state index is 13.3. The van der Waals surface area contributed by atoms with E-state index in [1.54, 1.807) is 22.7 Å². The molecular formula is C23H34N6O4. The van der Waals surface area contributed by atoms with Crippen molar-refractivity contribution in [1.82, 2.24) is 19.4 Å². The second kappa shape index (κ2) is 10.2. The molecule has 0 spiro atoms. The molecule has 10 heteroatoms. The van der Waals surface area contributed by atoms with Gasteiger partial charge in [-0.05, 0) is 31.9 Å². The van der Waals surface area contributed by atoms with E-state index < -0.39 is 6.09 Å². The highest BCUT2D eigenvalue weighted by Gasteiger charge is 2.37. The molecule has 1 unspecified atom stereocenters. The molecule has 2 aromatic heterocycles. The number of carbonyl (C=O) groups excluding carboxylic acids is 1. The van der Waals surface area contributed by atoms with E-state index in [9.17, 15) is 9.59 Å². The van der Waals surface area contributed by atoms with Crippen LogP contribution < -0.4 is 15.8 Å². The normalized spacial score (nSPS) is 17.8. The summed E-state index contributed by atoms with van der Waals surface area (Å²) in [6.07, 6.45) is 1.71. The van der Waals surface area contributed by atoms with Crippen LogP contribution >= 0.6 is 0 Å². The summed E-state index contributed by atoms with van der Waals surface area (Å²) in [5.74, 6) is 1.45. The number of aromatic nitrogens is 3. The predicted octanol–water partition coefficient (Wildman–Crippen LogP) is 2.05. The van der Waals surface area contributed by atoms with Gasteiger partial charge in [0, 0.05) is 46.1 Å². The molecule has 1 fully saturated rings. The minimum absolute atomic E-state index is 0.199. The number of pyridine rings is 1. The Balaban J connectivity index is 1.99. The second-order valence-corrected chi connectivity index (χ2v) is 8.34. The van der Waals surface area contributed by atoms with Gasteiger partial charge in [-0.2, -0.15) is 0 Å². The van der Waals surface area contributed by atoms with Gasteiger partial charge in [-0.1, -0.05) is 6.92 Å². The minimum Gasteiger partial charge on any atom is -0.453 e. The molecule has 0 aromatic carbocycles. The van der Waals surface area contributed by atoms with Crippen LogP contribution in [0.3, 0.4) is 0 Å². The third-order valence-electron chi connectivity index (χ3n) is 5.91. The van der Waals surface area contributed by atoms with Crippen molar-refractivity contribution in [2.75, 3.05) is 51.1 Å². The summed E-state index contributed by atoms with van der Waals surface area (Å²) < 4.78 is 12.3. The number of nitrogens with one attached hydrogen (secondary N) is 1. The SMILES string of the molecule is CCO[C@H]1CN(C(=O)OC)CC1Nc1c(CC)nc(-c2cnc(N(C)C)cc2C)c(=O)n1C. The lowest BCUT2D eigenvalue weighted by Gasteiger charge is -2.24. The first-order valence-corrected chi connectivity index (χ1v) is 11.2. The van der Waals surface area contributed by atoms with Crippen molar-refractivity contribution in [3.8, 4) is 11.3 Å². The Bertz CT molecular complexity index is 1070. The molecular weight excluding hydrogens is 424 g/mol. The molecule has 0 bridgehead atoms. The average molecular weight is 459 g/mol. The molecule has 3 rings (SSSR count). The number of nitrogens with zero attached hydrogens (tertiary/aromatic N) is 5. The van der Waals surface area contributed by atoms with Gasteiger partial charge in [-0.15, -0.1) is 0 Å². The maximum Gasteiger partial charge on any atom is 0.409 e. The maximum atomic E-state index is 13.3. The number of anilines is 2. The van der Waals surface area contributed by atoms with Crippen molar-refractivity contribution < 1.29 is 14.3 Å². The van der Waals surface area contributed by atoms with Crippen LogP contribution in [0.25, 0.3) is 11.3 Å². The number of methoxy groups -OCH3 is 1. The standard InChI is InChI=1S/C23H34N6O4/c1-8-16-21(26-17-12-29(23(31)32-7)13-18(17)33-9-2)28(6)22(30)20(25-16)15-11-24-19(27(4)5)10-14(15)3/h10-11,17-18,26H,8-9,12-13H2,1-7H3/t17?,18-/m0/s1. The number of hydrogen-bond donors (Lipinski definition) is 1. The summed E-state index contributed by atoms with van der Waals surface area (Å²) in [5.41, 5.74) is 2.57. The van der Waals surface area contributed by atoms with Crippen molar-refractivity contribution in [2.24, 2.45) is 7.05 Å². The highest BCUT2D eigenvalue weighted by molar-refractivity contribution is 5.68. The summed E-state index contributed by atoms with van der Waals surface area (Å²) in [6, 6.07) is 1.75. The van der Waals surface area contributed by atoms with Crippen LogP contribution in [0.4, 0.5) is 16.4 Å². The molecule has 2 aromatic rings. The van der Waals surface area contributed by atoms with Gasteiger partial charge in [0.1, 0.15) is 17.3 Å². The van der Waals surface area contributed by atoms with Crippen LogP contribution in [0, 0.1) is 6.92 Å². The Kier molecular flexibility index (Phi) is 7.57. The lowest BCUT2D eigenvalue weighted by Crippen LogP contribution is -2.37. The van der Waals surface area contributed by atoms with E-state index in [1.165, 1.54) is 7.11 Å². The topological polar surface area (TPSA) is 102 Å². The van der Waals surface area contributed by atoms with E-state index in [0.717, 1.165) is 17.1 Å². The summed E-state index contributed by atoms with van der Waals surface area (Å²) in [7, 11) is 6.94. The summed E-state index contributed by atoms with van der Waals surface area (Å²) in [5, 5.41) is 3.43. The number of hydrogen-bond acceptors (Lipinski definition) is 8. The predicted molar refractivity (Wildman–Crippen MR) is 128 cm³/mol. The van der Waals surface area contributed by atoms with Crippen LogP contribution in [-0.4, -0.2) is 78.6 Å². The Hall–Kier alpha value is -3.14. The Morgan fingerprint density at radius 3 is 2.61 bits per heavy atom. The van der Waals surface area contributed by atoms with Gasteiger partial charge in [0.15, 0.2) is 0 Å². The largest absolute Gasteiger partial charge is 0.453 e. The summed E-state index contributed by atoms with van der Waals surface area (Å²) >= 11 is 0. The van der Waals surface area contributed by atoms with E-state index >= 15 is 0 Å². The van der Waals surface area contributed by atoms with E-state index in [4.69, 9.17) is 14.5 Å². The average Bonchev–Trinajstić information content (AvgIpc) is 3.19. The van der Waals surface area contributed by atoms with E-state index in [0.29, 0.717) is 43.2 Å². The molecule has 1 N–H and O–H groups in total. The smallest absolute Gasteiger partial charge is 0.409 e. The zero-order valence-electron chi connectivity index (χ0n) is 20.5. The Morgan fingerprint density at radius 1 is 1.30 bits per heavy atom. The number of aryl methyl sites for hydroxylation is 2. The monoisotopic (exact) mass is 458 g/mol. The summed E-state index contributed by atoms with van der Waals surface area (Å²) in [6.45, 7) is 7.21. The molecule has 3 heterocycles. The number of rotatable bonds is 7. The zero-order valence-corrected chi connectivity index (χ0v) is 20.5. The van der Waals surface area contributed by atoms with Crippen molar-refractivity contribution in [1.29, 1.82) is 0 Å². The Labute approximate surface area is 194 Å². The molecule has 1 amide bonds. The first kappa shape index (κ1) is 24.5. The fourth-order valence-corrected chi connectivity index (χ4v) is 4.07. The third-order valence-corrected chi connectivity index (χ3v) is 5.91. The highest BCUT2D eigenvalue weighted by atomic mass is 16.5. The van der Waals surface area contributed by atoms with E-state index in [1.807, 2.05) is 45.8 Å². The van der Waals surface area contributed by atoms with Crippen LogP contribution in [0.5, 0.6) is 0 Å². The number of carbonyl (C=O) groups is 1. The van der Waals surface area contributed by atoms with Crippen molar-refractivity contribution in [3.05, 3.63) is 33.9 Å². The van der Waals surface area contributed by atoms with Crippen molar-refractivity contribution >= 4 is 17.7 Å². The molecule has 1 aliphatic rings. The first-order valence-electron chi connectivity index (χ1n) is 11.2. The van der Waals surface area contributed by atoms with Gasteiger partial charge in [-0.3, -0.25) is 9.36 Å². The van der Waals surface area contributed by atoms with Crippen molar-refractivity contribution in [3.63, 3.8) is 0 Å². The van der Waals surface area contributed by atoms with Gasteiger partial charge in [-0.25, -0.2) is 14.8 Å². The third kappa shape index (κ3) is 4.95. The quantitative estimate of drug-likeness (QED) is 0.673. The number of ether oxygens (including phenoxy) is 2. The second-order valence-electron chi connectivity index (χ2n) is 8.34. The first-order chi connectivity index (χ1) is 15.7. The van der Waals surface area contributed by atoms with Gasteiger partial charge < -0.3 is 24.6 Å². The molecule has 0 aliphatic carbocycles. The molecule has 0 saturated carbocycles. The molecule has 33 heavy (non-hydrogen) atoms. The molecule has 10 nitrogen and oxygen atoms in total. The van der Waals surface area contributed by atoms with E-state index in [2.05, 4.69) is 10.3 Å². The molecule has 1 aliphatic heterocycles. The van der Waals surface area contributed by atoms with Crippen LogP contribution in [0.2, 0.25) is 0 Å². The molecule has 0 radical (unpaired) electrons. The lowest BCUT2D eigenvalue weighted by molar-refractivity contribution is 0.0613. The lowest BCUT2D eigenvalue weighted by atomic mass is 10.1. The van der Waals surface area contributed by atoms with Gasteiger partial charge in [0.05, 0.1) is 31.5 Å². The zero-order chi connectivity index (χ0) is 24.3. The van der Waals surface area contributed by atoms with Gasteiger partial charge >= 0.3 is 6.09 Å². The number of likely N-dealkylation sites (tertiary alicyclic amines) is 1. The minimum atomic E-state index is -0.397. The molecule has 180 valence electrons. The summed E-state index contributed by atoms with van der Waals surface area (Å²) in [4.78, 5) is 38.1. The van der Waals surface area contributed by atoms with Crippen LogP contribution in [0.15, 0.2) is 17.1 Å². The fraction of sp³-hybridized carbons (Fsp3) is 0.565. The number of amides is 1. The van der Waals surface area contributed by atoms with E-state index in [-0.39, 0.29) is 17.7 Å². The van der Waals surface area contributed by atoms with Crippen molar-refractivity contribution in [2.45, 2.75) is 39.3 Å². The van der Waals surface area contributed by atoms with Crippen LogP contribution in [0.1, 0.15) is 25.1 Å². The Morgan fingerprint density at radius 2 is 2.03 bits per heavy atom. The van der Waals surface area contributed by atoms with Gasteiger partial charge in [0.25, 0.3) is 5.56 Å². The van der Waals surface area contributed by atoms with Crippen LogP contribution in [-0.2, 0) is 22.9 Å².